The Kier molecular flexibility index (Phi) is 6.06. The second-order valence-corrected chi connectivity index (χ2v) is 10.8. The summed E-state index contributed by atoms with van der Waals surface area (Å²) in [4.78, 5) is 55.5. The number of allylic oxidation sites excluding steroid dienone is 7. The molecule has 1 N–H and O–H groups in total. The Labute approximate surface area is 227 Å². The minimum absolute atomic E-state index is 0.0592. The number of fused-ring (bicyclic) bond motifs is 3. The van der Waals surface area contributed by atoms with E-state index in [0.717, 1.165) is 11.1 Å². The third-order valence-corrected chi connectivity index (χ3v) is 8.66. The van der Waals surface area contributed by atoms with Crippen molar-refractivity contribution in [3.05, 3.63) is 112 Å². The van der Waals surface area contributed by atoms with Crippen LogP contribution in [0.25, 0.3) is 0 Å². The number of phenolic OH excluding ortho intramolecular Hbond substituents is 1. The van der Waals surface area contributed by atoms with Gasteiger partial charge >= 0.3 is 0 Å². The molecule has 0 aromatic heterocycles. The van der Waals surface area contributed by atoms with Crippen LogP contribution in [0.1, 0.15) is 42.4 Å². The van der Waals surface area contributed by atoms with Gasteiger partial charge in [-0.1, -0.05) is 66.3 Å². The number of imide groups is 1. The fourth-order valence-electron chi connectivity index (χ4n) is 6.89. The highest BCUT2D eigenvalue weighted by atomic mass is 16.3. The summed E-state index contributed by atoms with van der Waals surface area (Å²) in [6.07, 6.45) is 6.08. The molecule has 6 nitrogen and oxygen atoms in total. The summed E-state index contributed by atoms with van der Waals surface area (Å²) < 4.78 is 0. The number of Topliss-reactive ketones (excluding diaryl/α,β-unsaturated/α-hetero) is 1. The molecule has 2 amide bonds. The van der Waals surface area contributed by atoms with Gasteiger partial charge in [0.25, 0.3) is 0 Å². The van der Waals surface area contributed by atoms with Gasteiger partial charge in [-0.2, -0.15) is 0 Å². The third-order valence-electron chi connectivity index (χ3n) is 8.66. The van der Waals surface area contributed by atoms with Crippen molar-refractivity contribution in [2.75, 3.05) is 0 Å². The monoisotopic (exact) mass is 519 g/mol. The molecule has 0 spiro atoms. The van der Waals surface area contributed by atoms with Crippen molar-refractivity contribution < 1.29 is 24.3 Å². The van der Waals surface area contributed by atoms with Crippen molar-refractivity contribution >= 4 is 23.4 Å². The van der Waals surface area contributed by atoms with Gasteiger partial charge in [0.2, 0.25) is 11.8 Å². The van der Waals surface area contributed by atoms with Crippen LogP contribution in [-0.2, 0) is 32.1 Å². The maximum Gasteiger partial charge on any atom is 0.234 e. The highest BCUT2D eigenvalue weighted by molar-refractivity contribution is 6.23. The lowest BCUT2D eigenvalue weighted by molar-refractivity contribution is -0.140. The lowest BCUT2D eigenvalue weighted by atomic mass is 9.59. The zero-order valence-electron chi connectivity index (χ0n) is 21.7. The van der Waals surface area contributed by atoms with Gasteiger partial charge in [-0.3, -0.25) is 24.1 Å². The summed E-state index contributed by atoms with van der Waals surface area (Å²) in [5, 5.41) is 11.3. The lowest BCUT2D eigenvalue weighted by Gasteiger charge is -2.42. The average Bonchev–Trinajstić information content (AvgIpc) is 3.17. The molecule has 1 heterocycles. The van der Waals surface area contributed by atoms with Gasteiger partial charge in [-0.15, -0.1) is 6.58 Å². The molecule has 4 atom stereocenters. The van der Waals surface area contributed by atoms with Crippen LogP contribution >= 0.6 is 0 Å². The van der Waals surface area contributed by atoms with Gasteiger partial charge in [-0.05, 0) is 49.3 Å². The minimum Gasteiger partial charge on any atom is -0.507 e. The van der Waals surface area contributed by atoms with Gasteiger partial charge < -0.3 is 5.11 Å². The number of amides is 2. The Balaban J connectivity index is 1.47. The van der Waals surface area contributed by atoms with E-state index in [0.29, 0.717) is 40.7 Å². The number of para-hydroxylation sites is 1. The normalized spacial score (nSPS) is 26.1. The molecule has 1 aliphatic heterocycles. The lowest BCUT2D eigenvalue weighted by Crippen LogP contribution is -2.39. The molecule has 0 saturated carbocycles. The van der Waals surface area contributed by atoms with Crippen molar-refractivity contribution in [3.8, 4) is 5.75 Å². The molecular weight excluding hydrogens is 490 g/mol. The first-order chi connectivity index (χ1) is 18.8. The molecule has 0 unspecified atom stereocenters. The molecule has 196 valence electrons. The largest absolute Gasteiger partial charge is 0.507 e. The van der Waals surface area contributed by atoms with Crippen LogP contribution in [0.3, 0.4) is 0 Å². The topological polar surface area (TPSA) is 91.8 Å². The second kappa shape index (κ2) is 9.45. The first-order valence-corrected chi connectivity index (χ1v) is 13.3. The van der Waals surface area contributed by atoms with Crippen LogP contribution in [0.4, 0.5) is 0 Å². The van der Waals surface area contributed by atoms with E-state index in [1.54, 1.807) is 25.1 Å². The van der Waals surface area contributed by atoms with Gasteiger partial charge in [0.05, 0.1) is 18.4 Å². The highest BCUT2D eigenvalue weighted by Crippen LogP contribution is 2.56. The minimum atomic E-state index is -0.670. The van der Waals surface area contributed by atoms with Gasteiger partial charge in [0, 0.05) is 28.2 Å². The SMILES string of the molecule is C=CCc1cccc([C@H]2C3=CC[C@@H]4C(=O)N(Cc5ccccc5)C(=O)[C@@H]4[C@@H]3CC3=C2C(=O)C=C(C)C3=O)c1O. The van der Waals surface area contributed by atoms with Crippen LogP contribution < -0.4 is 0 Å². The number of nitrogens with zero attached hydrogens (tertiary/aromatic N) is 1. The number of phenols is 1. The van der Waals surface area contributed by atoms with Crippen molar-refractivity contribution in [1.82, 2.24) is 4.90 Å². The predicted octanol–water partition coefficient (Wildman–Crippen LogP) is 4.75. The maximum atomic E-state index is 13.9. The number of likely N-dealkylation sites (tertiary alicyclic amines) is 1. The molecule has 1 fully saturated rings. The Morgan fingerprint density at radius 2 is 1.77 bits per heavy atom. The van der Waals surface area contributed by atoms with Crippen LogP contribution in [0.2, 0.25) is 0 Å². The van der Waals surface area contributed by atoms with Gasteiger partial charge in [-0.25, -0.2) is 0 Å². The van der Waals surface area contributed by atoms with E-state index in [1.165, 1.54) is 11.0 Å². The van der Waals surface area contributed by atoms with Crippen LogP contribution in [0, 0.1) is 17.8 Å². The summed E-state index contributed by atoms with van der Waals surface area (Å²) in [7, 11) is 0. The molecule has 6 rings (SSSR count). The number of hydrogen-bond donors (Lipinski definition) is 1. The van der Waals surface area contributed by atoms with E-state index in [9.17, 15) is 24.3 Å². The summed E-state index contributed by atoms with van der Waals surface area (Å²) in [6.45, 7) is 5.61. The summed E-state index contributed by atoms with van der Waals surface area (Å²) in [5.41, 5.74) is 4.03. The molecular formula is C33H29NO5. The molecule has 2 aromatic carbocycles. The van der Waals surface area contributed by atoms with Crippen LogP contribution in [0.5, 0.6) is 5.75 Å². The van der Waals surface area contributed by atoms with Gasteiger partial charge in [0.1, 0.15) is 5.75 Å². The number of aromatic hydroxyl groups is 1. The Hall–Kier alpha value is -4.32. The molecule has 0 radical (unpaired) electrons. The molecule has 6 heteroatoms. The van der Waals surface area contributed by atoms with Gasteiger partial charge in [0.15, 0.2) is 11.6 Å². The number of carbonyl (C=O) groups excluding carboxylic acids is 4. The number of carbonyl (C=O) groups is 4. The Bertz CT molecular complexity index is 1540. The number of rotatable bonds is 5. The fourth-order valence-corrected chi connectivity index (χ4v) is 6.89. The van der Waals surface area contributed by atoms with Crippen molar-refractivity contribution in [3.63, 3.8) is 0 Å². The van der Waals surface area contributed by atoms with E-state index >= 15 is 0 Å². The number of hydrogen-bond acceptors (Lipinski definition) is 5. The van der Waals surface area contributed by atoms with E-state index < -0.39 is 23.7 Å². The summed E-state index contributed by atoms with van der Waals surface area (Å²) in [5.74, 6) is -3.06. The molecule has 3 aliphatic carbocycles. The van der Waals surface area contributed by atoms with E-state index in [2.05, 4.69) is 6.58 Å². The standard InChI is InChI=1S/C33H29NO5/c1-3-8-20-11-7-12-22(31(20)37)27-21-13-14-23-28(24(21)16-25-29(27)26(35)15-18(2)30(25)36)33(39)34(32(23)38)17-19-9-5-4-6-10-19/h3-7,9-13,15,23-24,27-28,37H,1,8,14,16-17H2,2H3/t23-,24+,27+,28-/m0/s1. The van der Waals surface area contributed by atoms with Crippen LogP contribution in [-0.4, -0.2) is 33.4 Å². The molecule has 1 saturated heterocycles. The molecule has 0 bridgehead atoms. The van der Waals surface area contributed by atoms with E-state index in [4.69, 9.17) is 0 Å². The third kappa shape index (κ3) is 3.85. The smallest absolute Gasteiger partial charge is 0.234 e. The quantitative estimate of drug-likeness (QED) is 0.350. The molecule has 2 aromatic rings. The van der Waals surface area contributed by atoms with Crippen LogP contribution in [0.15, 0.2) is 95.6 Å². The van der Waals surface area contributed by atoms with Crippen molar-refractivity contribution in [2.24, 2.45) is 17.8 Å². The Morgan fingerprint density at radius 3 is 2.51 bits per heavy atom. The maximum absolute atomic E-state index is 13.9. The summed E-state index contributed by atoms with van der Waals surface area (Å²) >= 11 is 0. The number of ketones is 2. The average molecular weight is 520 g/mol. The van der Waals surface area contributed by atoms with Crippen molar-refractivity contribution in [1.29, 1.82) is 0 Å². The first kappa shape index (κ1) is 25.0. The van der Waals surface area contributed by atoms with E-state index in [1.807, 2.05) is 42.5 Å². The van der Waals surface area contributed by atoms with E-state index in [-0.39, 0.29) is 42.1 Å². The summed E-state index contributed by atoms with van der Waals surface area (Å²) in [6, 6.07) is 14.8. The molecule has 4 aliphatic rings. The Morgan fingerprint density at radius 1 is 1.00 bits per heavy atom. The molecule has 39 heavy (non-hydrogen) atoms. The predicted molar refractivity (Wildman–Crippen MR) is 145 cm³/mol. The zero-order valence-corrected chi connectivity index (χ0v) is 21.7. The highest BCUT2D eigenvalue weighted by Gasteiger charge is 2.56. The van der Waals surface area contributed by atoms with Crippen molar-refractivity contribution in [2.45, 2.75) is 38.6 Å². The number of benzene rings is 2. The zero-order chi connectivity index (χ0) is 27.4. The fraction of sp³-hybridized carbons (Fsp3) is 0.273. The first-order valence-electron chi connectivity index (χ1n) is 13.3. The second-order valence-electron chi connectivity index (χ2n) is 10.8.